The topological polar surface area (TPSA) is 29.3 Å². The van der Waals surface area contributed by atoms with Crippen LogP contribution >= 0.6 is 38.6 Å². The molecule has 0 amide bonds. The predicted molar refractivity (Wildman–Crippen MR) is 95.3 cm³/mol. The molecule has 0 spiro atoms. The minimum absolute atomic E-state index is 0.800. The van der Waals surface area contributed by atoms with Crippen molar-refractivity contribution in [2.45, 2.75) is 32.6 Å². The van der Waals surface area contributed by atoms with Gasteiger partial charge in [-0.1, -0.05) is 6.08 Å². The molecule has 2 heterocycles. The van der Waals surface area contributed by atoms with Gasteiger partial charge < -0.3 is 0 Å². The smallest absolute Gasteiger partial charge is 0.204 e. The molecule has 0 aliphatic heterocycles. The third-order valence-electron chi connectivity index (χ3n) is 3.37. The van der Waals surface area contributed by atoms with Crippen LogP contribution in [0.5, 0.6) is 0 Å². The van der Waals surface area contributed by atoms with E-state index in [4.69, 9.17) is 0 Å². The number of nitrogens with one attached hydrogen (secondary N) is 1. The van der Waals surface area contributed by atoms with Crippen LogP contribution in [0, 0.1) is 0 Å². The maximum absolute atomic E-state index is 4.61. The summed E-state index contributed by atoms with van der Waals surface area (Å²) < 4.78 is 3.30. The van der Waals surface area contributed by atoms with Gasteiger partial charge in [0.2, 0.25) is 4.80 Å². The van der Waals surface area contributed by atoms with E-state index in [1.54, 1.807) is 22.7 Å². The van der Waals surface area contributed by atoms with Gasteiger partial charge in [-0.05, 0) is 60.7 Å². The van der Waals surface area contributed by atoms with Crippen LogP contribution in [0.15, 0.2) is 38.1 Å². The van der Waals surface area contributed by atoms with Crippen LogP contribution < -0.4 is 10.2 Å². The number of thiophene rings is 1. The van der Waals surface area contributed by atoms with E-state index in [2.05, 4.69) is 61.5 Å². The summed E-state index contributed by atoms with van der Waals surface area (Å²) in [7, 11) is 0. The van der Waals surface area contributed by atoms with Gasteiger partial charge in [0, 0.05) is 17.6 Å². The third-order valence-corrected chi connectivity index (χ3v) is 5.88. The van der Waals surface area contributed by atoms with E-state index in [1.165, 1.54) is 35.5 Å². The van der Waals surface area contributed by atoms with Crippen molar-refractivity contribution in [3.05, 3.63) is 37.9 Å². The van der Waals surface area contributed by atoms with Gasteiger partial charge in [-0.3, -0.25) is 10.4 Å². The largest absolute Gasteiger partial charge is 0.296 e. The number of hydrogen-bond acceptors (Lipinski definition) is 4. The molecule has 6 heteroatoms. The Morgan fingerprint density at radius 1 is 1.38 bits per heavy atom. The summed E-state index contributed by atoms with van der Waals surface area (Å²) in [6.07, 6.45) is 7.19. The highest BCUT2D eigenvalue weighted by Gasteiger charge is 2.12. The van der Waals surface area contributed by atoms with Gasteiger partial charge in [-0.15, -0.1) is 22.7 Å². The second-order valence-electron chi connectivity index (χ2n) is 4.90. The van der Waals surface area contributed by atoms with Crippen molar-refractivity contribution < 1.29 is 0 Å². The summed E-state index contributed by atoms with van der Waals surface area (Å²) in [4.78, 5) is 6.89. The highest BCUT2D eigenvalue weighted by Crippen LogP contribution is 2.31. The minimum atomic E-state index is 0.800. The third kappa shape index (κ3) is 3.49. The molecule has 0 radical (unpaired) electrons. The molecule has 2 aromatic rings. The molecule has 3 rings (SSSR count). The molecule has 3 nitrogen and oxygen atoms in total. The van der Waals surface area contributed by atoms with E-state index >= 15 is 0 Å². The van der Waals surface area contributed by atoms with Gasteiger partial charge in [-0.2, -0.15) is 0 Å². The van der Waals surface area contributed by atoms with Crippen LogP contribution in [-0.4, -0.2) is 11.2 Å². The molecule has 1 aliphatic rings. The average molecular weight is 384 g/mol. The van der Waals surface area contributed by atoms with E-state index in [9.17, 15) is 0 Å². The van der Waals surface area contributed by atoms with Gasteiger partial charge in [0.25, 0.3) is 0 Å². The van der Waals surface area contributed by atoms with Crippen LogP contribution in [0.2, 0.25) is 0 Å². The lowest BCUT2D eigenvalue weighted by atomic mass is 10.1. The number of nitrogens with zero attached hydrogens (tertiary/aromatic N) is 2. The predicted octanol–water partition coefficient (Wildman–Crippen LogP) is 4.96. The average Bonchev–Trinajstić information content (AvgIpc) is 3.08. The first-order valence-corrected chi connectivity index (χ1v) is 9.69. The Labute approximate surface area is 141 Å². The molecular weight excluding hydrogens is 366 g/mol. The number of aromatic nitrogens is 1. The van der Waals surface area contributed by atoms with Gasteiger partial charge in [0.05, 0.1) is 14.4 Å². The molecule has 1 aliphatic carbocycles. The van der Waals surface area contributed by atoms with Crippen molar-refractivity contribution in [1.29, 1.82) is 0 Å². The molecule has 0 fully saturated rings. The standard InChI is InChI=1S/C15H18BrN3S2/c1-2-17-15-19(18-11-6-4-3-5-7-11)12(10-20-15)13-8-9-14(16)21-13/h6,8-10,18H,2-5,7H2,1H3. The molecular formula is C15H18BrN3S2. The molecule has 112 valence electrons. The van der Waals surface area contributed by atoms with Crippen LogP contribution in [0.25, 0.3) is 10.6 Å². The first-order valence-electron chi connectivity index (χ1n) is 7.20. The number of halogens is 1. The van der Waals surface area contributed by atoms with Crippen LogP contribution in [-0.2, 0) is 0 Å². The second kappa shape index (κ2) is 6.94. The fourth-order valence-electron chi connectivity index (χ4n) is 2.37. The summed E-state index contributed by atoms with van der Waals surface area (Å²) in [6.45, 7) is 2.88. The van der Waals surface area contributed by atoms with Gasteiger partial charge in [0.1, 0.15) is 0 Å². The fourth-order valence-corrected chi connectivity index (χ4v) is 4.74. The highest BCUT2D eigenvalue weighted by atomic mass is 79.9. The monoisotopic (exact) mass is 383 g/mol. The van der Waals surface area contributed by atoms with E-state index < -0.39 is 0 Å². The Morgan fingerprint density at radius 2 is 2.29 bits per heavy atom. The molecule has 0 saturated carbocycles. The van der Waals surface area contributed by atoms with Gasteiger partial charge in [0.15, 0.2) is 0 Å². The number of hydrogen-bond donors (Lipinski definition) is 1. The van der Waals surface area contributed by atoms with Crippen molar-refractivity contribution >= 4 is 38.6 Å². The minimum Gasteiger partial charge on any atom is -0.296 e. The van der Waals surface area contributed by atoms with Gasteiger partial charge in [-0.25, -0.2) is 4.68 Å². The molecule has 0 saturated heterocycles. The molecule has 1 N–H and O–H groups in total. The first kappa shape index (κ1) is 15.1. The maximum atomic E-state index is 4.61. The Kier molecular flexibility index (Phi) is 4.98. The summed E-state index contributed by atoms with van der Waals surface area (Å²) in [5.41, 5.74) is 6.08. The SMILES string of the molecule is CCN=c1scc(-c2ccc(Br)s2)n1NC1=CCCCC1. The van der Waals surface area contributed by atoms with E-state index in [0.717, 1.165) is 21.6 Å². The quantitative estimate of drug-likeness (QED) is 0.793. The number of thiazole rings is 1. The van der Waals surface area contributed by atoms with Crippen molar-refractivity contribution in [3.63, 3.8) is 0 Å². The lowest BCUT2D eigenvalue weighted by Gasteiger charge is -2.17. The molecule has 2 aromatic heterocycles. The Hall–Kier alpha value is -0.850. The van der Waals surface area contributed by atoms with E-state index in [1.807, 2.05) is 0 Å². The van der Waals surface area contributed by atoms with E-state index in [0.29, 0.717) is 0 Å². The van der Waals surface area contributed by atoms with Crippen LogP contribution in [0.4, 0.5) is 0 Å². The molecule has 0 bridgehead atoms. The zero-order chi connectivity index (χ0) is 14.7. The maximum Gasteiger partial charge on any atom is 0.204 e. The second-order valence-corrected chi connectivity index (χ2v) is 8.20. The molecule has 0 aromatic carbocycles. The van der Waals surface area contributed by atoms with Crippen molar-refractivity contribution in [2.24, 2.45) is 4.99 Å². The number of allylic oxidation sites excluding steroid dienone is 2. The lowest BCUT2D eigenvalue weighted by molar-refractivity contribution is 0.682. The summed E-state index contributed by atoms with van der Waals surface area (Å²) in [5.74, 6) is 0. The summed E-state index contributed by atoms with van der Waals surface area (Å²) in [5, 5.41) is 2.18. The van der Waals surface area contributed by atoms with Crippen molar-refractivity contribution in [3.8, 4) is 10.6 Å². The van der Waals surface area contributed by atoms with Crippen molar-refractivity contribution in [1.82, 2.24) is 4.68 Å². The lowest BCUT2D eigenvalue weighted by Crippen LogP contribution is -2.26. The highest BCUT2D eigenvalue weighted by molar-refractivity contribution is 9.11. The van der Waals surface area contributed by atoms with Crippen LogP contribution in [0.3, 0.4) is 0 Å². The normalized spacial score (nSPS) is 16.1. The Morgan fingerprint density at radius 3 is 2.95 bits per heavy atom. The Balaban J connectivity index is 2.01. The number of rotatable bonds is 4. The molecule has 0 unspecified atom stereocenters. The zero-order valence-electron chi connectivity index (χ0n) is 11.9. The zero-order valence-corrected chi connectivity index (χ0v) is 15.2. The van der Waals surface area contributed by atoms with Crippen LogP contribution in [0.1, 0.15) is 32.6 Å². The van der Waals surface area contributed by atoms with Crippen molar-refractivity contribution in [2.75, 3.05) is 12.0 Å². The van der Waals surface area contributed by atoms with E-state index in [-0.39, 0.29) is 0 Å². The fraction of sp³-hybridized carbons (Fsp3) is 0.400. The summed E-state index contributed by atoms with van der Waals surface area (Å²) >= 11 is 6.99. The summed E-state index contributed by atoms with van der Waals surface area (Å²) in [6, 6.07) is 4.25. The first-order chi connectivity index (χ1) is 10.3. The van der Waals surface area contributed by atoms with Gasteiger partial charge >= 0.3 is 0 Å². The molecule has 0 atom stereocenters. The Bertz CT molecular complexity index is 709. The molecule has 21 heavy (non-hydrogen) atoms.